The van der Waals surface area contributed by atoms with Gasteiger partial charge in [-0.25, -0.2) is 29.9 Å². The van der Waals surface area contributed by atoms with Gasteiger partial charge in [0.25, 0.3) is 6.71 Å². The largest absolute Gasteiger partial charge is 0.458 e. The molecule has 0 unspecified atom stereocenters. The Morgan fingerprint density at radius 1 is 0.324 bits per heavy atom. The summed E-state index contributed by atoms with van der Waals surface area (Å²) in [7, 11) is 0. The fourth-order valence-electron chi connectivity index (χ4n) is 9.68. The second-order valence-electron chi connectivity index (χ2n) is 20.3. The summed E-state index contributed by atoms with van der Waals surface area (Å²) in [6, 6.07) is 63.9. The van der Waals surface area contributed by atoms with Gasteiger partial charge in [-0.2, -0.15) is 0 Å². The van der Waals surface area contributed by atoms with Crippen LogP contribution in [0.3, 0.4) is 0 Å². The van der Waals surface area contributed by atoms with Crippen LogP contribution in [0.25, 0.3) is 79.5 Å². The van der Waals surface area contributed by atoms with Crippen LogP contribution < -0.4 is 25.9 Å². The molecule has 342 valence electrons. The first-order chi connectivity index (χ1) is 34.4. The summed E-state index contributed by atoms with van der Waals surface area (Å²) < 4.78 is 14.2. The molecule has 0 radical (unpaired) electrons. The highest BCUT2D eigenvalue weighted by atomic mass is 16.5. The molecule has 0 saturated carbocycles. The molecular weight excluding hydrogens is 872 g/mol. The van der Waals surface area contributed by atoms with E-state index >= 15 is 0 Å². The molecule has 8 nitrogen and oxygen atoms in total. The lowest BCUT2D eigenvalue weighted by Crippen LogP contribution is -2.57. The average Bonchev–Trinajstić information content (AvgIpc) is 3.40. The third-order valence-corrected chi connectivity index (χ3v) is 13.4. The van der Waals surface area contributed by atoms with Crippen molar-refractivity contribution in [2.75, 3.05) is 0 Å². The number of hydrogen-bond donors (Lipinski definition) is 0. The van der Waals surface area contributed by atoms with Crippen molar-refractivity contribution in [2.45, 2.75) is 52.4 Å². The van der Waals surface area contributed by atoms with E-state index in [-0.39, 0.29) is 17.5 Å². The van der Waals surface area contributed by atoms with Crippen LogP contribution in [0.5, 0.6) is 23.0 Å². The topological polar surface area (TPSA) is 95.8 Å². The highest BCUT2D eigenvalue weighted by Gasteiger charge is 2.42. The lowest BCUT2D eigenvalue weighted by Gasteiger charge is -2.35. The van der Waals surface area contributed by atoms with Crippen LogP contribution in [0.1, 0.15) is 52.7 Å². The normalized spacial score (nSPS) is 12.6. The summed E-state index contributed by atoms with van der Waals surface area (Å²) in [6.45, 7) is 13.4. The number of ether oxygens (including phenoxy) is 2. The molecule has 0 saturated heterocycles. The quantitative estimate of drug-likeness (QED) is 0.146. The Kier molecular flexibility index (Phi) is 10.6. The van der Waals surface area contributed by atoms with Crippen LogP contribution in [-0.2, 0) is 10.8 Å². The molecule has 9 heteroatoms. The van der Waals surface area contributed by atoms with Crippen molar-refractivity contribution in [3.63, 3.8) is 0 Å². The predicted molar refractivity (Wildman–Crippen MR) is 286 cm³/mol. The molecule has 8 aromatic carbocycles. The summed E-state index contributed by atoms with van der Waals surface area (Å²) in [5.74, 6) is 6.24. The van der Waals surface area contributed by atoms with Crippen molar-refractivity contribution in [2.24, 2.45) is 0 Å². The van der Waals surface area contributed by atoms with Crippen LogP contribution in [-0.4, -0.2) is 36.6 Å². The first kappa shape index (κ1) is 43.7. The van der Waals surface area contributed by atoms with Crippen LogP contribution >= 0.6 is 0 Å². The second-order valence-corrected chi connectivity index (χ2v) is 20.3. The minimum atomic E-state index is -0.142. The number of rotatable bonds is 7. The van der Waals surface area contributed by atoms with E-state index in [1.807, 2.05) is 127 Å². The number of aromatic nitrogens is 6. The highest BCUT2D eigenvalue weighted by Crippen LogP contribution is 2.45. The standard InChI is InChI=1S/C62H49BN6O2/c1-61(2,3)43-30-32-49-47(36-43)63-48-37-44(62(4,5)6)31-33-50(48)71-52-35-42(34-51(70-49)54(52)63)53-45(59-66-55(38-20-11-7-12-21-38)64-56(67-59)39-22-13-8-14-23-39)28-19-29-46(53)60-68-57(40-24-15-9-16-25-40)65-58(69-60)41-26-17-10-18-27-41/h7-37H,1-6H3. The molecule has 2 aromatic heterocycles. The summed E-state index contributed by atoms with van der Waals surface area (Å²) >= 11 is 0. The molecule has 0 bridgehead atoms. The predicted octanol–water partition coefficient (Wildman–Crippen LogP) is 13.0. The minimum Gasteiger partial charge on any atom is -0.458 e. The Labute approximate surface area is 414 Å². The molecule has 2 aliphatic heterocycles. The first-order valence-corrected chi connectivity index (χ1v) is 24.1. The maximum Gasteiger partial charge on any atom is 0.260 e. The summed E-state index contributed by atoms with van der Waals surface area (Å²) in [5, 5.41) is 0. The van der Waals surface area contributed by atoms with Crippen molar-refractivity contribution in [3.8, 4) is 102 Å². The molecule has 0 fully saturated rings. The van der Waals surface area contributed by atoms with Gasteiger partial charge < -0.3 is 9.47 Å². The third-order valence-electron chi connectivity index (χ3n) is 13.4. The molecule has 71 heavy (non-hydrogen) atoms. The Balaban J connectivity index is 1.14. The van der Waals surface area contributed by atoms with Crippen molar-refractivity contribution in [1.29, 1.82) is 0 Å². The van der Waals surface area contributed by atoms with Gasteiger partial charge in [-0.1, -0.05) is 205 Å². The monoisotopic (exact) mass is 920 g/mol. The zero-order chi connectivity index (χ0) is 48.4. The van der Waals surface area contributed by atoms with Crippen LogP contribution in [0, 0.1) is 0 Å². The Bertz CT molecular complexity index is 3320. The van der Waals surface area contributed by atoms with Gasteiger partial charge in [-0.15, -0.1) is 0 Å². The van der Waals surface area contributed by atoms with Gasteiger partial charge in [-0.05, 0) is 62.7 Å². The molecule has 0 aliphatic carbocycles. The fraction of sp³-hybridized carbons (Fsp3) is 0.129. The SMILES string of the molecule is CC(C)(C)c1ccc2c(c1)B1c3cc(C(C)(C)C)ccc3Oc3cc(-c4c(-c5nc(-c6ccccc6)nc(-c6ccccc6)n5)cccc4-c4nc(-c5ccccc5)nc(-c5ccccc5)n4)cc(c31)O2. The molecule has 0 spiro atoms. The lowest BCUT2D eigenvalue weighted by atomic mass is 9.34. The molecule has 4 heterocycles. The van der Waals surface area contributed by atoms with E-state index in [1.54, 1.807) is 0 Å². The number of benzene rings is 8. The van der Waals surface area contributed by atoms with Gasteiger partial charge in [-0.3, -0.25) is 0 Å². The Morgan fingerprint density at radius 3 is 1.00 bits per heavy atom. The fourth-order valence-corrected chi connectivity index (χ4v) is 9.68. The van der Waals surface area contributed by atoms with Gasteiger partial charge in [0.2, 0.25) is 0 Å². The minimum absolute atomic E-state index is 0.0745. The average molecular weight is 921 g/mol. The maximum absolute atomic E-state index is 7.10. The number of hydrogen-bond acceptors (Lipinski definition) is 8. The molecule has 12 rings (SSSR count). The first-order valence-electron chi connectivity index (χ1n) is 24.1. The van der Waals surface area contributed by atoms with E-state index in [0.717, 1.165) is 72.4 Å². The summed E-state index contributed by atoms with van der Waals surface area (Å²) in [6.07, 6.45) is 0. The molecule has 10 aromatic rings. The maximum atomic E-state index is 7.10. The van der Waals surface area contributed by atoms with Gasteiger partial charge in [0.1, 0.15) is 23.0 Å². The zero-order valence-electron chi connectivity index (χ0n) is 40.5. The Morgan fingerprint density at radius 2 is 0.662 bits per heavy atom. The number of fused-ring (bicyclic) bond motifs is 4. The van der Waals surface area contributed by atoms with E-state index in [2.05, 4.69) is 102 Å². The van der Waals surface area contributed by atoms with Crippen molar-refractivity contribution < 1.29 is 9.47 Å². The van der Waals surface area contributed by atoms with Gasteiger partial charge in [0.15, 0.2) is 34.9 Å². The highest BCUT2D eigenvalue weighted by molar-refractivity contribution is 6.98. The van der Waals surface area contributed by atoms with E-state index in [1.165, 1.54) is 11.1 Å². The van der Waals surface area contributed by atoms with E-state index < -0.39 is 0 Å². The van der Waals surface area contributed by atoms with Crippen LogP contribution in [0.15, 0.2) is 188 Å². The van der Waals surface area contributed by atoms with Crippen LogP contribution in [0.4, 0.5) is 0 Å². The van der Waals surface area contributed by atoms with Crippen LogP contribution in [0.2, 0.25) is 0 Å². The zero-order valence-corrected chi connectivity index (χ0v) is 40.5. The molecule has 0 N–H and O–H groups in total. The molecular formula is C62H49BN6O2. The number of nitrogens with zero attached hydrogens (tertiary/aromatic N) is 6. The molecule has 0 amide bonds. The Hall–Kier alpha value is -8.56. The van der Waals surface area contributed by atoms with Gasteiger partial charge in [0, 0.05) is 44.4 Å². The van der Waals surface area contributed by atoms with E-state index in [9.17, 15) is 0 Å². The van der Waals surface area contributed by atoms with Crippen molar-refractivity contribution in [3.05, 3.63) is 199 Å². The van der Waals surface area contributed by atoms with Crippen molar-refractivity contribution in [1.82, 2.24) is 29.9 Å². The smallest absolute Gasteiger partial charge is 0.260 e. The van der Waals surface area contributed by atoms with Gasteiger partial charge >= 0.3 is 0 Å². The lowest BCUT2D eigenvalue weighted by molar-refractivity contribution is 0.464. The summed E-state index contributed by atoms with van der Waals surface area (Å²) in [5.41, 5.74) is 12.2. The summed E-state index contributed by atoms with van der Waals surface area (Å²) in [4.78, 5) is 31.3. The van der Waals surface area contributed by atoms with Gasteiger partial charge in [0.05, 0.1) is 0 Å². The third kappa shape index (κ3) is 8.13. The molecule has 0 atom stereocenters. The second kappa shape index (κ2) is 17.1. The molecule has 2 aliphatic rings. The van der Waals surface area contributed by atoms with Crippen molar-refractivity contribution >= 4 is 23.1 Å². The van der Waals surface area contributed by atoms with E-state index in [4.69, 9.17) is 39.4 Å². The van der Waals surface area contributed by atoms with E-state index in [0.29, 0.717) is 46.4 Å².